The third kappa shape index (κ3) is 5.45. The number of hydrogen-bond acceptors (Lipinski definition) is 8. The van der Waals surface area contributed by atoms with Crippen molar-refractivity contribution in [2.45, 2.75) is 32.9 Å². The molecule has 1 saturated heterocycles. The molecule has 208 valence electrons. The van der Waals surface area contributed by atoms with Crippen molar-refractivity contribution in [1.29, 1.82) is 0 Å². The van der Waals surface area contributed by atoms with Gasteiger partial charge in [0.15, 0.2) is 23.0 Å². The average Bonchev–Trinajstić information content (AvgIpc) is 3.22. The van der Waals surface area contributed by atoms with E-state index in [1.54, 1.807) is 60.9 Å². The summed E-state index contributed by atoms with van der Waals surface area (Å²) in [6.07, 6.45) is 4.14. The summed E-state index contributed by atoms with van der Waals surface area (Å²) in [6, 6.07) is 12.9. The number of amides is 1. The Morgan fingerprint density at radius 1 is 1.02 bits per heavy atom. The van der Waals surface area contributed by atoms with Crippen molar-refractivity contribution in [3.63, 3.8) is 0 Å². The van der Waals surface area contributed by atoms with Gasteiger partial charge in [0.2, 0.25) is 0 Å². The zero-order chi connectivity index (χ0) is 28.2. The number of pyridine rings is 1. The maximum Gasteiger partial charge on any atom is 0.295 e. The lowest BCUT2D eigenvalue weighted by Gasteiger charge is -2.26. The van der Waals surface area contributed by atoms with Crippen LogP contribution in [0.3, 0.4) is 0 Å². The summed E-state index contributed by atoms with van der Waals surface area (Å²) in [5.74, 6) is 0.741. The maximum atomic E-state index is 13.5. The second-order valence-electron chi connectivity index (χ2n) is 10.1. The first-order valence-electron chi connectivity index (χ1n) is 13.3. The van der Waals surface area contributed by atoms with Crippen LogP contribution < -0.4 is 18.9 Å². The number of hydrogen-bond donors (Lipinski definition) is 1. The van der Waals surface area contributed by atoms with Gasteiger partial charge in [-0.25, -0.2) is 0 Å². The van der Waals surface area contributed by atoms with Crippen molar-refractivity contribution in [2.75, 3.05) is 26.9 Å². The van der Waals surface area contributed by atoms with Crippen molar-refractivity contribution in [3.8, 4) is 23.0 Å². The largest absolute Gasteiger partial charge is 0.507 e. The van der Waals surface area contributed by atoms with Gasteiger partial charge in [-0.3, -0.25) is 14.6 Å². The SMILES string of the molecule is COc1cc(C2/C(=C(/O)c3ccc4c(c3)OCCO4)C(=O)C(=O)N2Cc2ccncc2)ccc1OCCC(C)C. The summed E-state index contributed by atoms with van der Waals surface area (Å²) in [7, 11) is 1.54. The Hall–Kier alpha value is -4.53. The molecule has 9 nitrogen and oxygen atoms in total. The number of benzene rings is 2. The summed E-state index contributed by atoms with van der Waals surface area (Å²) in [5, 5.41) is 11.5. The van der Waals surface area contributed by atoms with Crippen LogP contribution in [0.15, 0.2) is 66.5 Å². The Labute approximate surface area is 233 Å². The predicted molar refractivity (Wildman–Crippen MR) is 147 cm³/mol. The fraction of sp³-hybridized carbons (Fsp3) is 0.323. The van der Waals surface area contributed by atoms with Crippen LogP contribution in [0.4, 0.5) is 0 Å². The molecule has 1 amide bonds. The lowest BCUT2D eigenvalue weighted by molar-refractivity contribution is -0.140. The molecule has 2 aliphatic heterocycles. The van der Waals surface area contributed by atoms with E-state index in [9.17, 15) is 14.7 Å². The van der Waals surface area contributed by atoms with Crippen molar-refractivity contribution in [1.82, 2.24) is 9.88 Å². The maximum absolute atomic E-state index is 13.5. The van der Waals surface area contributed by atoms with Crippen molar-refractivity contribution >= 4 is 17.4 Å². The Balaban J connectivity index is 1.59. The molecule has 3 aromatic rings. The number of ether oxygens (including phenoxy) is 4. The number of likely N-dealkylation sites (tertiary alicyclic amines) is 1. The molecule has 2 aromatic carbocycles. The van der Waals surface area contributed by atoms with Crippen LogP contribution in [-0.4, -0.2) is 53.6 Å². The highest BCUT2D eigenvalue weighted by Crippen LogP contribution is 2.43. The first-order valence-corrected chi connectivity index (χ1v) is 13.3. The average molecular weight is 545 g/mol. The number of carbonyl (C=O) groups is 2. The minimum atomic E-state index is -0.875. The highest BCUT2D eigenvalue weighted by Gasteiger charge is 2.46. The highest BCUT2D eigenvalue weighted by molar-refractivity contribution is 6.46. The molecule has 0 aliphatic carbocycles. The number of aromatic nitrogens is 1. The topological polar surface area (TPSA) is 107 Å². The molecule has 9 heteroatoms. The van der Waals surface area contributed by atoms with E-state index in [1.807, 2.05) is 0 Å². The second-order valence-corrected chi connectivity index (χ2v) is 10.1. The summed E-state index contributed by atoms with van der Waals surface area (Å²) >= 11 is 0. The molecule has 40 heavy (non-hydrogen) atoms. The zero-order valence-electron chi connectivity index (χ0n) is 22.8. The molecule has 5 rings (SSSR count). The third-order valence-corrected chi connectivity index (χ3v) is 6.91. The van der Waals surface area contributed by atoms with Gasteiger partial charge in [-0.05, 0) is 65.9 Å². The molecular formula is C31H32N2O7. The fourth-order valence-corrected chi connectivity index (χ4v) is 4.80. The van der Waals surface area contributed by atoms with Gasteiger partial charge in [-0.15, -0.1) is 0 Å². The number of fused-ring (bicyclic) bond motifs is 1. The molecule has 3 heterocycles. The van der Waals surface area contributed by atoms with E-state index in [0.717, 1.165) is 12.0 Å². The van der Waals surface area contributed by atoms with Gasteiger partial charge in [0.25, 0.3) is 11.7 Å². The van der Waals surface area contributed by atoms with E-state index in [4.69, 9.17) is 18.9 Å². The predicted octanol–water partition coefficient (Wildman–Crippen LogP) is 4.91. The Morgan fingerprint density at radius 2 is 1.77 bits per heavy atom. The van der Waals surface area contributed by atoms with Gasteiger partial charge in [0.1, 0.15) is 19.0 Å². The molecule has 1 atom stereocenters. The van der Waals surface area contributed by atoms with Crippen LogP contribution >= 0.6 is 0 Å². The van der Waals surface area contributed by atoms with Gasteiger partial charge in [-0.1, -0.05) is 19.9 Å². The van der Waals surface area contributed by atoms with Gasteiger partial charge in [-0.2, -0.15) is 0 Å². The van der Waals surface area contributed by atoms with E-state index in [2.05, 4.69) is 18.8 Å². The van der Waals surface area contributed by atoms with Crippen molar-refractivity contribution in [2.24, 2.45) is 5.92 Å². The smallest absolute Gasteiger partial charge is 0.295 e. The third-order valence-electron chi connectivity index (χ3n) is 6.91. The van der Waals surface area contributed by atoms with Crippen LogP contribution in [0.5, 0.6) is 23.0 Å². The van der Waals surface area contributed by atoms with Crippen LogP contribution in [0.25, 0.3) is 5.76 Å². The van der Waals surface area contributed by atoms with Gasteiger partial charge < -0.3 is 29.0 Å². The number of ketones is 1. The van der Waals surface area contributed by atoms with E-state index in [0.29, 0.717) is 59.9 Å². The van der Waals surface area contributed by atoms with Crippen LogP contribution in [0, 0.1) is 5.92 Å². The summed E-state index contributed by atoms with van der Waals surface area (Å²) in [5.41, 5.74) is 1.71. The van der Waals surface area contributed by atoms with E-state index >= 15 is 0 Å². The Kier molecular flexibility index (Phi) is 7.91. The normalized spacial score (nSPS) is 17.8. The molecule has 2 aliphatic rings. The lowest BCUT2D eigenvalue weighted by atomic mass is 9.94. The number of aliphatic hydroxyl groups is 1. The lowest BCUT2D eigenvalue weighted by Crippen LogP contribution is -2.29. The van der Waals surface area contributed by atoms with Crippen LogP contribution in [0.1, 0.15) is 43.0 Å². The first kappa shape index (κ1) is 27.1. The Bertz CT molecular complexity index is 1430. The molecule has 0 radical (unpaired) electrons. The highest BCUT2D eigenvalue weighted by atomic mass is 16.6. The van der Waals surface area contributed by atoms with Crippen molar-refractivity contribution < 1.29 is 33.6 Å². The minimum absolute atomic E-state index is 0.0220. The molecule has 0 saturated carbocycles. The zero-order valence-corrected chi connectivity index (χ0v) is 22.8. The quantitative estimate of drug-likeness (QED) is 0.230. The monoisotopic (exact) mass is 544 g/mol. The number of methoxy groups -OCH3 is 1. The second kappa shape index (κ2) is 11.7. The van der Waals surface area contributed by atoms with Gasteiger partial charge in [0, 0.05) is 24.5 Å². The van der Waals surface area contributed by atoms with Crippen LogP contribution in [0.2, 0.25) is 0 Å². The molecule has 1 aromatic heterocycles. The Morgan fingerprint density at radius 3 is 2.50 bits per heavy atom. The fourth-order valence-electron chi connectivity index (χ4n) is 4.80. The number of nitrogens with zero attached hydrogens (tertiary/aromatic N) is 2. The molecule has 1 unspecified atom stereocenters. The summed E-state index contributed by atoms with van der Waals surface area (Å²) in [4.78, 5) is 32.4. The van der Waals surface area contributed by atoms with Gasteiger partial charge >= 0.3 is 0 Å². The van der Waals surface area contributed by atoms with E-state index < -0.39 is 17.7 Å². The van der Waals surface area contributed by atoms with Crippen LogP contribution in [-0.2, 0) is 16.1 Å². The van der Waals surface area contributed by atoms with Crippen molar-refractivity contribution in [3.05, 3.63) is 83.2 Å². The summed E-state index contributed by atoms with van der Waals surface area (Å²) in [6.45, 7) is 5.72. The molecule has 1 fully saturated rings. The molecular weight excluding hydrogens is 512 g/mol. The molecule has 0 bridgehead atoms. The summed E-state index contributed by atoms with van der Waals surface area (Å²) < 4.78 is 22.8. The number of aliphatic hydroxyl groups excluding tert-OH is 1. The van der Waals surface area contributed by atoms with E-state index in [1.165, 1.54) is 12.0 Å². The van der Waals surface area contributed by atoms with Gasteiger partial charge in [0.05, 0.1) is 25.3 Å². The first-order chi connectivity index (χ1) is 19.4. The number of carbonyl (C=O) groups excluding carboxylic acids is 2. The number of Topliss-reactive ketones (excluding diaryl/α,β-unsaturated/α-hetero) is 1. The number of rotatable bonds is 9. The molecule has 0 spiro atoms. The standard InChI is InChI=1S/C31H32N2O7/c1-19(2)10-13-38-23-6-4-21(16-25(23)37-3)28-27(29(34)22-5-7-24-26(17-22)40-15-14-39-24)30(35)31(36)33(28)18-20-8-11-32-12-9-20/h4-9,11-12,16-17,19,28,34H,10,13-15,18H2,1-3H3/b29-27-. The van der Waals surface area contributed by atoms with E-state index in [-0.39, 0.29) is 17.9 Å². The minimum Gasteiger partial charge on any atom is -0.507 e. The molecule has 1 N–H and O–H groups in total.